The van der Waals surface area contributed by atoms with Crippen LogP contribution in [0.5, 0.6) is 11.5 Å². The van der Waals surface area contributed by atoms with E-state index in [1.165, 1.54) is 4.31 Å². The summed E-state index contributed by atoms with van der Waals surface area (Å²) < 4.78 is 52.4. The lowest BCUT2D eigenvalue weighted by molar-refractivity contribution is -0.193. The van der Waals surface area contributed by atoms with Gasteiger partial charge in [0.05, 0.1) is 32.3 Å². The second-order valence-corrected chi connectivity index (χ2v) is 11.5. The molecule has 5 rings (SSSR count). The van der Waals surface area contributed by atoms with Crippen LogP contribution in [0.1, 0.15) is 30.4 Å². The second kappa shape index (κ2) is 8.89. The zero-order chi connectivity index (χ0) is 24.8. The Hall–Kier alpha value is -2.46. The highest BCUT2D eigenvalue weighted by Gasteiger charge is 2.64. The summed E-state index contributed by atoms with van der Waals surface area (Å²) in [7, 11) is -0.753. The number of ether oxygens (including phenoxy) is 4. The predicted molar refractivity (Wildman–Crippen MR) is 128 cm³/mol. The Morgan fingerprint density at radius 3 is 2.31 bits per heavy atom. The average Bonchev–Trinajstić information content (AvgIpc) is 3.47. The molecule has 0 aromatic heterocycles. The smallest absolute Gasteiger partial charge is 0.243 e. The Bertz CT molecular complexity index is 1210. The molecule has 3 atom stereocenters. The fourth-order valence-corrected chi connectivity index (χ4v) is 7.83. The van der Waals surface area contributed by atoms with Crippen LogP contribution in [0.15, 0.2) is 47.4 Å². The van der Waals surface area contributed by atoms with Gasteiger partial charge in [0.2, 0.25) is 10.0 Å². The van der Waals surface area contributed by atoms with Crippen molar-refractivity contribution in [3.63, 3.8) is 0 Å². The number of benzene rings is 2. The van der Waals surface area contributed by atoms with Gasteiger partial charge in [-0.2, -0.15) is 4.31 Å². The van der Waals surface area contributed by atoms with E-state index in [9.17, 15) is 13.2 Å². The van der Waals surface area contributed by atoms with Crippen LogP contribution in [0.4, 0.5) is 0 Å². The molecule has 2 aromatic carbocycles. The molecule has 9 heteroatoms. The second-order valence-electron chi connectivity index (χ2n) is 9.57. The summed E-state index contributed by atoms with van der Waals surface area (Å²) in [6, 6.07) is 11.9. The van der Waals surface area contributed by atoms with E-state index in [1.54, 1.807) is 38.5 Å². The van der Waals surface area contributed by atoms with Gasteiger partial charge in [0.15, 0.2) is 17.3 Å². The van der Waals surface area contributed by atoms with E-state index in [1.807, 2.05) is 25.1 Å². The average molecular weight is 502 g/mol. The molecule has 2 heterocycles. The van der Waals surface area contributed by atoms with Crippen molar-refractivity contribution in [2.24, 2.45) is 5.92 Å². The van der Waals surface area contributed by atoms with Crippen LogP contribution in [-0.2, 0) is 29.7 Å². The molecule has 3 aliphatic rings. The molecule has 0 N–H and O–H groups in total. The first-order valence-electron chi connectivity index (χ1n) is 11.8. The number of sulfonamides is 1. The number of hydrogen-bond acceptors (Lipinski definition) is 7. The van der Waals surface area contributed by atoms with Gasteiger partial charge in [0.1, 0.15) is 6.29 Å². The molecule has 8 nitrogen and oxygen atoms in total. The lowest BCUT2D eigenvalue weighted by atomic mass is 9.60. The van der Waals surface area contributed by atoms with E-state index in [4.69, 9.17) is 18.9 Å². The minimum Gasteiger partial charge on any atom is -0.493 e. The Morgan fingerprint density at radius 2 is 1.69 bits per heavy atom. The number of methoxy groups -OCH3 is 2. The molecule has 1 saturated carbocycles. The number of nitrogens with zero attached hydrogens (tertiary/aromatic N) is 1. The van der Waals surface area contributed by atoms with Gasteiger partial charge >= 0.3 is 0 Å². The predicted octanol–water partition coefficient (Wildman–Crippen LogP) is 3.07. The van der Waals surface area contributed by atoms with Crippen molar-refractivity contribution < 1.29 is 32.2 Å². The van der Waals surface area contributed by atoms with Crippen molar-refractivity contribution in [1.29, 1.82) is 0 Å². The van der Waals surface area contributed by atoms with E-state index in [-0.39, 0.29) is 11.4 Å². The number of rotatable bonds is 6. The van der Waals surface area contributed by atoms with Gasteiger partial charge in [-0.1, -0.05) is 23.8 Å². The van der Waals surface area contributed by atoms with E-state index in [0.717, 1.165) is 17.4 Å². The monoisotopic (exact) mass is 501 g/mol. The molecule has 35 heavy (non-hydrogen) atoms. The highest BCUT2D eigenvalue weighted by Crippen LogP contribution is 2.57. The first-order valence-corrected chi connectivity index (χ1v) is 13.3. The summed E-state index contributed by atoms with van der Waals surface area (Å²) in [6.45, 7) is 2.95. The molecule has 1 spiro atoms. The summed E-state index contributed by atoms with van der Waals surface area (Å²) in [5.74, 6) is -0.270. The van der Waals surface area contributed by atoms with Crippen LogP contribution in [0, 0.1) is 12.8 Å². The maximum absolute atomic E-state index is 13.9. The van der Waals surface area contributed by atoms with Crippen LogP contribution in [0.25, 0.3) is 0 Å². The number of fused-ring (bicyclic) bond motifs is 1. The van der Waals surface area contributed by atoms with Crippen molar-refractivity contribution in [1.82, 2.24) is 4.31 Å². The molecule has 1 aliphatic carbocycles. The van der Waals surface area contributed by atoms with E-state index < -0.39 is 33.2 Å². The highest BCUT2D eigenvalue weighted by molar-refractivity contribution is 7.89. The number of aldehydes is 1. The van der Waals surface area contributed by atoms with Crippen molar-refractivity contribution >= 4 is 16.3 Å². The molecular weight excluding hydrogens is 470 g/mol. The quantitative estimate of drug-likeness (QED) is 0.562. The van der Waals surface area contributed by atoms with Crippen molar-refractivity contribution in [2.75, 3.05) is 34.0 Å². The molecule has 188 valence electrons. The van der Waals surface area contributed by atoms with Gasteiger partial charge in [0, 0.05) is 36.8 Å². The van der Waals surface area contributed by atoms with E-state index in [2.05, 4.69) is 0 Å². The third-order valence-corrected chi connectivity index (χ3v) is 9.82. The number of aryl methyl sites for hydroxylation is 1. The van der Waals surface area contributed by atoms with Crippen molar-refractivity contribution in [3.05, 3.63) is 53.6 Å². The molecule has 0 amide bonds. The Kier molecular flexibility index (Phi) is 6.15. The molecule has 0 bridgehead atoms. The SMILES string of the molecule is COc1ccc([C@@]23CCC4(C[C@@H]2N(S(=O)(=O)c2ccc(C)cc2)C[C@@H]3C=O)OCCO4)cc1OC. The van der Waals surface area contributed by atoms with Gasteiger partial charge in [0.25, 0.3) is 0 Å². The molecular formula is C26H31NO7S. The fraction of sp³-hybridized carbons (Fsp3) is 0.500. The van der Waals surface area contributed by atoms with Crippen LogP contribution in [-0.4, -0.2) is 64.8 Å². The topological polar surface area (TPSA) is 91.4 Å². The van der Waals surface area contributed by atoms with E-state index >= 15 is 0 Å². The molecule has 2 saturated heterocycles. The summed E-state index contributed by atoms with van der Waals surface area (Å²) >= 11 is 0. The van der Waals surface area contributed by atoms with Gasteiger partial charge in [-0.15, -0.1) is 0 Å². The minimum absolute atomic E-state index is 0.0921. The van der Waals surface area contributed by atoms with Gasteiger partial charge in [-0.3, -0.25) is 0 Å². The summed E-state index contributed by atoms with van der Waals surface area (Å²) in [5.41, 5.74) is 1.08. The lowest BCUT2D eigenvalue weighted by Crippen LogP contribution is -2.56. The Morgan fingerprint density at radius 1 is 1.00 bits per heavy atom. The Balaban J connectivity index is 1.66. The first kappa shape index (κ1) is 24.2. The summed E-state index contributed by atoms with van der Waals surface area (Å²) in [6.07, 6.45) is 2.36. The summed E-state index contributed by atoms with van der Waals surface area (Å²) in [4.78, 5) is 12.8. The molecule has 3 fully saturated rings. The lowest BCUT2D eigenvalue weighted by Gasteiger charge is -2.49. The maximum atomic E-state index is 13.9. The van der Waals surface area contributed by atoms with Crippen LogP contribution in [0.3, 0.4) is 0 Å². The van der Waals surface area contributed by atoms with Gasteiger partial charge < -0.3 is 23.7 Å². The molecule has 2 aliphatic heterocycles. The third-order valence-electron chi connectivity index (χ3n) is 7.93. The van der Waals surface area contributed by atoms with E-state index in [0.29, 0.717) is 44.0 Å². The van der Waals surface area contributed by atoms with Gasteiger partial charge in [-0.25, -0.2) is 8.42 Å². The Labute approximate surface area is 206 Å². The highest BCUT2D eigenvalue weighted by atomic mass is 32.2. The maximum Gasteiger partial charge on any atom is 0.243 e. The standard InChI is InChI=1S/C26H31NO7S/c1-18-4-7-21(8-5-18)35(29,30)27-16-20(17-28)26(19-6-9-22(31-2)23(14-19)32-3)11-10-25(15-24(26)27)33-12-13-34-25/h4-9,14,17,20,24H,10-13,15-16H2,1-3H3/t20-,24+,26-/m1/s1. The van der Waals surface area contributed by atoms with Crippen molar-refractivity contribution in [3.8, 4) is 11.5 Å². The zero-order valence-electron chi connectivity index (χ0n) is 20.2. The molecule has 0 unspecified atom stereocenters. The van der Waals surface area contributed by atoms with Gasteiger partial charge in [-0.05, 0) is 43.2 Å². The normalized spacial score (nSPS) is 28.1. The van der Waals surface area contributed by atoms with Crippen LogP contribution < -0.4 is 9.47 Å². The van der Waals surface area contributed by atoms with Crippen LogP contribution in [0.2, 0.25) is 0 Å². The largest absolute Gasteiger partial charge is 0.493 e. The zero-order valence-corrected chi connectivity index (χ0v) is 21.0. The minimum atomic E-state index is -3.88. The van der Waals surface area contributed by atoms with Crippen LogP contribution >= 0.6 is 0 Å². The molecule has 0 radical (unpaired) electrons. The number of carbonyl (C=O) groups excluding carboxylic acids is 1. The molecule has 2 aromatic rings. The number of carbonyl (C=O) groups is 1. The fourth-order valence-electron chi connectivity index (χ4n) is 6.13. The first-order chi connectivity index (χ1) is 16.8. The third kappa shape index (κ3) is 3.76. The number of hydrogen-bond donors (Lipinski definition) is 0. The van der Waals surface area contributed by atoms with Crippen molar-refractivity contribution in [2.45, 2.75) is 48.3 Å². The summed E-state index contributed by atoms with van der Waals surface area (Å²) in [5, 5.41) is 0.